The third-order valence-corrected chi connectivity index (χ3v) is 5.32. The Morgan fingerprint density at radius 1 is 1.07 bits per heavy atom. The van der Waals surface area contributed by atoms with Crippen molar-refractivity contribution in [1.82, 2.24) is 14.8 Å². The average Bonchev–Trinajstić information content (AvgIpc) is 3.40. The van der Waals surface area contributed by atoms with Crippen LogP contribution in [0.15, 0.2) is 61.2 Å². The van der Waals surface area contributed by atoms with Crippen LogP contribution in [0.3, 0.4) is 0 Å². The van der Waals surface area contributed by atoms with Gasteiger partial charge < -0.3 is 10.1 Å². The second-order valence-electron chi connectivity index (χ2n) is 7.29. The van der Waals surface area contributed by atoms with E-state index >= 15 is 0 Å². The molecule has 29 heavy (non-hydrogen) atoms. The molecule has 0 atom stereocenters. The van der Waals surface area contributed by atoms with Gasteiger partial charge in [-0.25, -0.2) is 0 Å². The van der Waals surface area contributed by atoms with Gasteiger partial charge in [-0.05, 0) is 60.0 Å². The molecule has 0 aliphatic heterocycles. The molecule has 3 aromatic carbocycles. The lowest BCUT2D eigenvalue weighted by Crippen LogP contribution is -2.20. The molecule has 0 radical (unpaired) electrons. The van der Waals surface area contributed by atoms with Crippen LogP contribution in [0.2, 0.25) is 0 Å². The molecule has 1 aliphatic rings. The van der Waals surface area contributed by atoms with Gasteiger partial charge in [-0.15, -0.1) is 10.2 Å². The Balaban J connectivity index is 1.35. The van der Waals surface area contributed by atoms with Crippen molar-refractivity contribution in [2.24, 2.45) is 0 Å². The normalized spacial score (nSPS) is 12.3. The van der Waals surface area contributed by atoms with E-state index in [4.69, 9.17) is 4.74 Å². The highest BCUT2D eigenvalue weighted by molar-refractivity contribution is 6.05. The number of ether oxygens (including phenoxy) is 1. The molecule has 1 heterocycles. The summed E-state index contributed by atoms with van der Waals surface area (Å²) in [5, 5.41) is 13.1. The number of nitrogens with zero attached hydrogens (tertiary/aromatic N) is 3. The summed E-state index contributed by atoms with van der Waals surface area (Å²) in [6.07, 6.45) is 5.34. The van der Waals surface area contributed by atoms with Gasteiger partial charge in [0.2, 0.25) is 0 Å². The molecule has 0 spiro atoms. The molecular formula is C23H20N4O2. The first-order valence-electron chi connectivity index (χ1n) is 9.61. The van der Waals surface area contributed by atoms with Crippen molar-refractivity contribution in [1.29, 1.82) is 0 Å². The van der Waals surface area contributed by atoms with Crippen LogP contribution in [0.4, 0.5) is 5.69 Å². The van der Waals surface area contributed by atoms with Crippen LogP contribution in [0.5, 0.6) is 5.75 Å². The third kappa shape index (κ3) is 3.23. The highest BCUT2D eigenvalue weighted by Gasteiger charge is 2.17. The van der Waals surface area contributed by atoms with E-state index in [0.717, 1.165) is 35.2 Å². The number of rotatable bonds is 5. The first-order valence-corrected chi connectivity index (χ1v) is 9.61. The van der Waals surface area contributed by atoms with Gasteiger partial charge in [0.05, 0.1) is 5.69 Å². The van der Waals surface area contributed by atoms with Crippen LogP contribution in [-0.2, 0) is 17.6 Å². The highest BCUT2D eigenvalue weighted by atomic mass is 16.5. The Hall–Kier alpha value is -3.67. The van der Waals surface area contributed by atoms with Gasteiger partial charge in [0.1, 0.15) is 18.4 Å². The predicted molar refractivity (Wildman–Crippen MR) is 112 cm³/mol. The molecule has 0 unspecified atom stereocenters. The van der Waals surface area contributed by atoms with Gasteiger partial charge in [-0.3, -0.25) is 9.36 Å². The van der Waals surface area contributed by atoms with Crippen LogP contribution in [-0.4, -0.2) is 27.3 Å². The first kappa shape index (κ1) is 17.4. The molecule has 1 aromatic heterocycles. The highest BCUT2D eigenvalue weighted by Crippen LogP contribution is 2.35. The SMILES string of the molecule is Cc1ccc(OCC(=O)Nc2ccc3c4c(cccc24)CC3)c(-n2cnnc2)c1. The van der Waals surface area contributed by atoms with E-state index < -0.39 is 0 Å². The van der Waals surface area contributed by atoms with Crippen molar-refractivity contribution in [2.45, 2.75) is 19.8 Å². The van der Waals surface area contributed by atoms with Gasteiger partial charge >= 0.3 is 0 Å². The van der Waals surface area contributed by atoms with Gasteiger partial charge in [0, 0.05) is 11.1 Å². The molecule has 1 amide bonds. The van der Waals surface area contributed by atoms with Gasteiger partial charge in [0.15, 0.2) is 6.61 Å². The van der Waals surface area contributed by atoms with E-state index in [1.807, 2.05) is 31.2 Å². The van der Waals surface area contributed by atoms with Gasteiger partial charge in [-0.2, -0.15) is 0 Å². The summed E-state index contributed by atoms with van der Waals surface area (Å²) in [5.74, 6) is 0.407. The number of nitrogens with one attached hydrogen (secondary N) is 1. The number of anilines is 1. The molecule has 6 heteroatoms. The molecule has 0 saturated heterocycles. The Morgan fingerprint density at radius 2 is 1.86 bits per heavy atom. The zero-order valence-electron chi connectivity index (χ0n) is 16.1. The summed E-state index contributed by atoms with van der Waals surface area (Å²) < 4.78 is 7.60. The Bertz CT molecular complexity index is 1210. The van der Waals surface area contributed by atoms with Crippen LogP contribution >= 0.6 is 0 Å². The van der Waals surface area contributed by atoms with Crippen LogP contribution in [0.1, 0.15) is 16.7 Å². The minimum atomic E-state index is -0.195. The summed E-state index contributed by atoms with van der Waals surface area (Å²) in [5.41, 5.74) is 5.40. The summed E-state index contributed by atoms with van der Waals surface area (Å²) >= 11 is 0. The monoisotopic (exact) mass is 384 g/mol. The van der Waals surface area contributed by atoms with Crippen LogP contribution in [0.25, 0.3) is 16.5 Å². The lowest BCUT2D eigenvalue weighted by molar-refractivity contribution is -0.118. The molecule has 1 aliphatic carbocycles. The Kier molecular flexibility index (Phi) is 4.24. The van der Waals surface area contributed by atoms with Crippen LogP contribution in [0, 0.1) is 6.92 Å². The number of aryl methyl sites for hydroxylation is 3. The number of aromatic nitrogens is 3. The smallest absolute Gasteiger partial charge is 0.262 e. The second-order valence-corrected chi connectivity index (χ2v) is 7.29. The van der Waals surface area contributed by atoms with Crippen molar-refractivity contribution in [3.05, 3.63) is 77.9 Å². The Morgan fingerprint density at radius 3 is 2.69 bits per heavy atom. The molecule has 0 bridgehead atoms. The molecule has 0 saturated carbocycles. The van der Waals surface area contributed by atoms with Crippen molar-refractivity contribution in [3.8, 4) is 11.4 Å². The van der Waals surface area contributed by atoms with Gasteiger partial charge in [-0.1, -0.05) is 30.3 Å². The Labute approximate surface area is 168 Å². The average molecular weight is 384 g/mol. The molecule has 5 rings (SSSR count). The minimum Gasteiger partial charge on any atom is -0.482 e. The van der Waals surface area contributed by atoms with Crippen molar-refractivity contribution < 1.29 is 9.53 Å². The standard InChI is InChI=1S/C23H20N4O2/c1-15-5-10-21(20(11-15)27-13-24-25-14-27)29-12-22(28)26-19-9-8-17-7-6-16-3-2-4-18(19)23(16)17/h2-5,8-11,13-14H,6-7,12H2,1H3,(H,26,28). The van der Waals surface area contributed by atoms with E-state index in [1.165, 1.54) is 16.5 Å². The number of carbonyl (C=O) groups is 1. The van der Waals surface area contributed by atoms with Crippen LogP contribution < -0.4 is 10.1 Å². The zero-order valence-corrected chi connectivity index (χ0v) is 16.1. The van der Waals surface area contributed by atoms with E-state index in [9.17, 15) is 4.79 Å². The number of benzene rings is 3. The van der Waals surface area contributed by atoms with E-state index in [-0.39, 0.29) is 12.5 Å². The number of amides is 1. The number of hydrogen-bond donors (Lipinski definition) is 1. The topological polar surface area (TPSA) is 69.0 Å². The first-order chi connectivity index (χ1) is 14.2. The fraction of sp³-hybridized carbons (Fsp3) is 0.174. The lowest BCUT2D eigenvalue weighted by atomic mass is 10.0. The summed E-state index contributed by atoms with van der Waals surface area (Å²) in [4.78, 5) is 12.6. The second kappa shape index (κ2) is 7.05. The van der Waals surface area contributed by atoms with E-state index in [1.54, 1.807) is 17.2 Å². The van der Waals surface area contributed by atoms with E-state index in [0.29, 0.717) is 5.75 Å². The maximum atomic E-state index is 12.6. The number of hydrogen-bond acceptors (Lipinski definition) is 4. The molecule has 6 nitrogen and oxygen atoms in total. The maximum absolute atomic E-state index is 12.6. The molecule has 0 fully saturated rings. The number of carbonyl (C=O) groups excluding carboxylic acids is 1. The predicted octanol–water partition coefficient (Wildman–Crippen LogP) is 3.85. The maximum Gasteiger partial charge on any atom is 0.262 e. The summed E-state index contributed by atoms with van der Waals surface area (Å²) in [6, 6.07) is 16.2. The largest absolute Gasteiger partial charge is 0.482 e. The van der Waals surface area contributed by atoms with Gasteiger partial charge in [0.25, 0.3) is 5.91 Å². The molecule has 1 N–H and O–H groups in total. The van der Waals surface area contributed by atoms with Crippen molar-refractivity contribution in [3.63, 3.8) is 0 Å². The van der Waals surface area contributed by atoms with Crippen molar-refractivity contribution in [2.75, 3.05) is 11.9 Å². The zero-order chi connectivity index (χ0) is 19.8. The fourth-order valence-corrected chi connectivity index (χ4v) is 3.96. The fourth-order valence-electron chi connectivity index (χ4n) is 3.96. The molecular weight excluding hydrogens is 364 g/mol. The third-order valence-electron chi connectivity index (χ3n) is 5.32. The summed E-state index contributed by atoms with van der Waals surface area (Å²) in [6.45, 7) is 1.92. The summed E-state index contributed by atoms with van der Waals surface area (Å²) in [7, 11) is 0. The molecule has 4 aromatic rings. The molecule has 144 valence electrons. The van der Waals surface area contributed by atoms with Crippen molar-refractivity contribution >= 4 is 22.4 Å². The quantitative estimate of drug-likeness (QED) is 0.568. The lowest BCUT2D eigenvalue weighted by Gasteiger charge is -2.14. The minimum absolute atomic E-state index is 0.0822. The van der Waals surface area contributed by atoms with E-state index in [2.05, 4.69) is 39.8 Å².